The van der Waals surface area contributed by atoms with Gasteiger partial charge in [0, 0.05) is 25.3 Å². The largest absolute Gasteiger partial charge is 0.497 e. The van der Waals surface area contributed by atoms with Gasteiger partial charge in [0.25, 0.3) is 0 Å². The third kappa shape index (κ3) is 2.28. The van der Waals surface area contributed by atoms with Crippen molar-refractivity contribution in [2.75, 3.05) is 25.1 Å². The Kier molecular flexibility index (Phi) is 3.64. The average molecular weight is 222 g/mol. The van der Waals surface area contributed by atoms with Crippen LogP contribution in [-0.4, -0.2) is 25.4 Å². The summed E-state index contributed by atoms with van der Waals surface area (Å²) in [4.78, 5) is 2.35. The lowest BCUT2D eigenvalue weighted by molar-refractivity contribution is 0.161. The molecule has 0 spiro atoms. The van der Waals surface area contributed by atoms with Crippen molar-refractivity contribution < 1.29 is 9.94 Å². The van der Waals surface area contributed by atoms with Gasteiger partial charge in [-0.3, -0.25) is 0 Å². The highest BCUT2D eigenvalue weighted by molar-refractivity contribution is 5.56. The van der Waals surface area contributed by atoms with E-state index in [1.54, 1.807) is 7.11 Å². The van der Waals surface area contributed by atoms with E-state index in [2.05, 4.69) is 16.4 Å². The van der Waals surface area contributed by atoms with Gasteiger partial charge in [0.05, 0.1) is 7.11 Å². The van der Waals surface area contributed by atoms with Gasteiger partial charge in [0.2, 0.25) is 0 Å². The Balaban J connectivity index is 2.27. The monoisotopic (exact) mass is 222 g/mol. The van der Waals surface area contributed by atoms with Gasteiger partial charge in [-0.25, -0.2) is 5.48 Å². The van der Waals surface area contributed by atoms with Gasteiger partial charge in [-0.05, 0) is 36.6 Å². The highest BCUT2D eigenvalue weighted by Gasteiger charge is 2.15. The molecule has 1 heterocycles. The maximum Gasteiger partial charge on any atom is 0.119 e. The summed E-state index contributed by atoms with van der Waals surface area (Å²) in [5.41, 5.74) is 4.48. The minimum atomic E-state index is 0.447. The quantitative estimate of drug-likeness (QED) is 0.762. The van der Waals surface area contributed by atoms with Gasteiger partial charge in [0.1, 0.15) is 5.75 Å². The second-order valence-corrected chi connectivity index (χ2v) is 4.02. The van der Waals surface area contributed by atoms with Crippen LogP contribution in [0.15, 0.2) is 18.2 Å². The van der Waals surface area contributed by atoms with Gasteiger partial charge in [-0.15, -0.1) is 0 Å². The molecule has 1 aliphatic rings. The number of hydrogen-bond acceptors (Lipinski definition) is 4. The van der Waals surface area contributed by atoms with Crippen molar-refractivity contribution in [2.45, 2.75) is 19.4 Å². The van der Waals surface area contributed by atoms with E-state index < -0.39 is 0 Å². The summed E-state index contributed by atoms with van der Waals surface area (Å²) < 4.78 is 5.19. The lowest BCUT2D eigenvalue weighted by Crippen LogP contribution is -2.20. The molecule has 1 aliphatic heterocycles. The summed E-state index contributed by atoms with van der Waals surface area (Å²) >= 11 is 0. The molecule has 0 bridgehead atoms. The standard InChI is InChI=1S/C12H18N2O2/c1-16-11-4-5-12(10(8-11)9-13-15)14-6-2-3-7-14/h4-5,8,13,15H,2-3,6-7,9H2,1H3. The minimum Gasteiger partial charge on any atom is -0.497 e. The average Bonchev–Trinajstić information content (AvgIpc) is 2.83. The molecule has 1 aromatic rings. The van der Waals surface area contributed by atoms with Crippen LogP contribution in [0.4, 0.5) is 5.69 Å². The normalized spacial score (nSPS) is 15.5. The van der Waals surface area contributed by atoms with Crippen LogP contribution >= 0.6 is 0 Å². The fourth-order valence-corrected chi connectivity index (χ4v) is 2.18. The molecule has 1 fully saturated rings. The fraction of sp³-hybridized carbons (Fsp3) is 0.500. The van der Waals surface area contributed by atoms with Crippen molar-refractivity contribution in [3.63, 3.8) is 0 Å². The van der Waals surface area contributed by atoms with Crippen LogP contribution < -0.4 is 15.1 Å². The molecule has 4 heteroatoms. The number of methoxy groups -OCH3 is 1. The van der Waals surface area contributed by atoms with Gasteiger partial charge >= 0.3 is 0 Å². The Labute approximate surface area is 95.8 Å². The maximum atomic E-state index is 8.84. The molecule has 16 heavy (non-hydrogen) atoms. The lowest BCUT2D eigenvalue weighted by atomic mass is 10.1. The molecule has 4 nitrogen and oxygen atoms in total. The molecule has 2 rings (SSSR count). The summed E-state index contributed by atoms with van der Waals surface area (Å²) in [5.74, 6) is 0.827. The van der Waals surface area contributed by atoms with Gasteiger partial charge < -0.3 is 14.8 Å². The van der Waals surface area contributed by atoms with Crippen LogP contribution in [0.25, 0.3) is 0 Å². The second-order valence-electron chi connectivity index (χ2n) is 4.02. The first kappa shape index (κ1) is 11.2. The molecule has 1 saturated heterocycles. The van der Waals surface area contributed by atoms with Gasteiger partial charge in [0.15, 0.2) is 0 Å². The van der Waals surface area contributed by atoms with E-state index >= 15 is 0 Å². The summed E-state index contributed by atoms with van der Waals surface area (Å²) in [6.45, 7) is 2.65. The van der Waals surface area contributed by atoms with Crippen molar-refractivity contribution in [2.24, 2.45) is 0 Å². The smallest absolute Gasteiger partial charge is 0.119 e. The molecule has 0 aliphatic carbocycles. The summed E-state index contributed by atoms with van der Waals surface area (Å²) in [7, 11) is 1.65. The van der Waals surface area contributed by atoms with E-state index in [1.165, 1.54) is 18.5 Å². The maximum absolute atomic E-state index is 8.84. The van der Waals surface area contributed by atoms with Gasteiger partial charge in [-0.1, -0.05) is 0 Å². The zero-order chi connectivity index (χ0) is 11.4. The predicted molar refractivity (Wildman–Crippen MR) is 63.1 cm³/mol. The number of hydroxylamine groups is 1. The van der Waals surface area contributed by atoms with E-state index in [0.717, 1.165) is 24.4 Å². The Morgan fingerprint density at radius 3 is 2.75 bits per heavy atom. The number of ether oxygens (including phenoxy) is 1. The van der Waals surface area contributed by atoms with Crippen LogP contribution in [0.1, 0.15) is 18.4 Å². The van der Waals surface area contributed by atoms with Crippen molar-refractivity contribution in [1.29, 1.82) is 0 Å². The summed E-state index contributed by atoms with van der Waals surface area (Å²) in [6.07, 6.45) is 2.50. The number of rotatable bonds is 4. The fourth-order valence-electron chi connectivity index (χ4n) is 2.18. The Morgan fingerprint density at radius 1 is 1.38 bits per heavy atom. The molecule has 0 aromatic heterocycles. The number of hydrogen-bond donors (Lipinski definition) is 2. The third-order valence-corrected chi connectivity index (χ3v) is 3.00. The predicted octanol–water partition coefficient (Wildman–Crippen LogP) is 1.77. The Morgan fingerprint density at radius 2 is 2.12 bits per heavy atom. The van der Waals surface area contributed by atoms with Crippen molar-refractivity contribution in [3.05, 3.63) is 23.8 Å². The van der Waals surface area contributed by atoms with Crippen LogP contribution in [-0.2, 0) is 6.54 Å². The van der Waals surface area contributed by atoms with Crippen LogP contribution in [0.3, 0.4) is 0 Å². The first-order valence-electron chi connectivity index (χ1n) is 5.64. The van der Waals surface area contributed by atoms with Gasteiger partial charge in [-0.2, -0.15) is 0 Å². The van der Waals surface area contributed by atoms with Crippen molar-refractivity contribution >= 4 is 5.69 Å². The molecule has 0 atom stereocenters. The number of anilines is 1. The van der Waals surface area contributed by atoms with Crippen LogP contribution in [0.2, 0.25) is 0 Å². The van der Waals surface area contributed by atoms with E-state index in [0.29, 0.717) is 6.54 Å². The zero-order valence-corrected chi connectivity index (χ0v) is 9.57. The minimum absolute atomic E-state index is 0.447. The topological polar surface area (TPSA) is 44.7 Å². The first-order chi connectivity index (χ1) is 7.85. The van der Waals surface area contributed by atoms with E-state index in [1.807, 2.05) is 12.1 Å². The molecule has 0 unspecified atom stereocenters. The molecule has 2 N–H and O–H groups in total. The van der Waals surface area contributed by atoms with E-state index in [-0.39, 0.29) is 0 Å². The lowest BCUT2D eigenvalue weighted by Gasteiger charge is -2.21. The van der Waals surface area contributed by atoms with E-state index in [4.69, 9.17) is 9.94 Å². The molecule has 88 valence electrons. The van der Waals surface area contributed by atoms with Crippen LogP contribution in [0, 0.1) is 0 Å². The molecule has 0 amide bonds. The van der Waals surface area contributed by atoms with Crippen LogP contribution in [0.5, 0.6) is 5.75 Å². The molecule has 0 saturated carbocycles. The third-order valence-electron chi connectivity index (χ3n) is 3.00. The summed E-state index contributed by atoms with van der Waals surface area (Å²) in [5, 5.41) is 8.84. The SMILES string of the molecule is COc1ccc(N2CCCC2)c(CNO)c1. The number of nitrogens with one attached hydrogen (secondary N) is 1. The van der Waals surface area contributed by atoms with Crippen molar-refractivity contribution in [1.82, 2.24) is 5.48 Å². The summed E-state index contributed by atoms with van der Waals surface area (Å²) in [6, 6.07) is 6.00. The molecule has 1 aromatic carbocycles. The van der Waals surface area contributed by atoms with E-state index in [9.17, 15) is 0 Å². The second kappa shape index (κ2) is 5.18. The highest BCUT2D eigenvalue weighted by atomic mass is 16.5. The molecule has 0 radical (unpaired) electrons. The number of benzene rings is 1. The first-order valence-corrected chi connectivity index (χ1v) is 5.64. The highest BCUT2D eigenvalue weighted by Crippen LogP contribution is 2.28. The molecular weight excluding hydrogens is 204 g/mol. The number of nitrogens with zero attached hydrogens (tertiary/aromatic N) is 1. The molecular formula is C12H18N2O2. The van der Waals surface area contributed by atoms with Crippen molar-refractivity contribution in [3.8, 4) is 5.75 Å². The Hall–Kier alpha value is -1.26. The zero-order valence-electron chi connectivity index (χ0n) is 9.57. The Bertz CT molecular complexity index is 349.